The number of hydrogen-bond acceptors (Lipinski definition) is 4. The minimum atomic E-state index is -3.59. The van der Waals surface area contributed by atoms with E-state index in [-0.39, 0.29) is 24.0 Å². The second kappa shape index (κ2) is 7.43. The minimum Gasteiger partial charge on any atom is -0.286 e. The van der Waals surface area contributed by atoms with Crippen LogP contribution in [-0.2, 0) is 18.1 Å². The molecule has 0 radical (unpaired) electrons. The highest BCUT2D eigenvalue weighted by molar-refractivity contribution is 7.48. The largest absolute Gasteiger partial charge is 0.475 e. The summed E-state index contributed by atoms with van der Waals surface area (Å²) >= 11 is 0. The third-order valence-electron chi connectivity index (χ3n) is 4.49. The molecule has 1 fully saturated rings. The molecule has 4 nitrogen and oxygen atoms in total. The van der Waals surface area contributed by atoms with Crippen LogP contribution < -0.4 is 0 Å². The van der Waals surface area contributed by atoms with Crippen LogP contribution >= 0.6 is 7.82 Å². The number of phosphoric ester groups is 1. The van der Waals surface area contributed by atoms with E-state index in [2.05, 4.69) is 0 Å². The molecule has 0 aromatic heterocycles. The van der Waals surface area contributed by atoms with Crippen LogP contribution in [0.25, 0.3) is 0 Å². The Morgan fingerprint density at radius 2 is 1.72 bits per heavy atom. The van der Waals surface area contributed by atoms with Gasteiger partial charge in [-0.15, -0.1) is 0 Å². The standard InChI is InChI=1S/C20H25O4P/c1-16(17-10-6-4-7-11-17)14-22-25(21)23-15-20(2,3)19(24-25)18-12-8-5-9-13-18/h4-13,16,19H,14-15H2,1-3H3/t16-,19-,25-/m0/s1. The third-order valence-corrected chi connectivity index (χ3v) is 5.87. The van der Waals surface area contributed by atoms with Gasteiger partial charge in [0.1, 0.15) is 6.10 Å². The molecule has 0 aliphatic carbocycles. The fraction of sp³-hybridized carbons (Fsp3) is 0.400. The van der Waals surface area contributed by atoms with Gasteiger partial charge in [0.25, 0.3) is 0 Å². The highest BCUT2D eigenvalue weighted by Crippen LogP contribution is 2.61. The van der Waals surface area contributed by atoms with Gasteiger partial charge in [-0.05, 0) is 11.1 Å². The molecule has 1 saturated heterocycles. The molecule has 25 heavy (non-hydrogen) atoms. The summed E-state index contributed by atoms with van der Waals surface area (Å²) in [5.74, 6) is 0.101. The van der Waals surface area contributed by atoms with E-state index >= 15 is 0 Å². The van der Waals surface area contributed by atoms with Gasteiger partial charge in [-0.25, -0.2) is 4.57 Å². The molecule has 2 aromatic carbocycles. The second-order valence-electron chi connectivity index (χ2n) is 7.21. The smallest absolute Gasteiger partial charge is 0.286 e. The van der Waals surface area contributed by atoms with Gasteiger partial charge in [0.2, 0.25) is 0 Å². The predicted octanol–water partition coefficient (Wildman–Crippen LogP) is 5.73. The maximum atomic E-state index is 13.0. The lowest BCUT2D eigenvalue weighted by Crippen LogP contribution is -2.33. The Labute approximate surface area is 149 Å². The number of benzene rings is 2. The zero-order valence-corrected chi connectivity index (χ0v) is 15.8. The fourth-order valence-electron chi connectivity index (χ4n) is 2.91. The molecule has 0 amide bonds. The summed E-state index contributed by atoms with van der Waals surface area (Å²) in [5.41, 5.74) is 1.82. The Morgan fingerprint density at radius 3 is 2.36 bits per heavy atom. The number of rotatable bonds is 5. The topological polar surface area (TPSA) is 44.8 Å². The van der Waals surface area contributed by atoms with Crippen molar-refractivity contribution in [2.75, 3.05) is 13.2 Å². The summed E-state index contributed by atoms with van der Waals surface area (Å²) in [6.45, 7) is 6.72. The Kier molecular flexibility index (Phi) is 5.45. The van der Waals surface area contributed by atoms with Gasteiger partial charge in [0, 0.05) is 11.3 Å². The van der Waals surface area contributed by atoms with Crippen molar-refractivity contribution >= 4 is 7.82 Å². The molecule has 0 bridgehead atoms. The first-order valence-corrected chi connectivity index (χ1v) is 10.0. The average Bonchev–Trinajstić information content (AvgIpc) is 2.64. The number of phosphoric acid groups is 1. The lowest BCUT2D eigenvalue weighted by atomic mass is 9.83. The molecular weight excluding hydrogens is 335 g/mol. The van der Waals surface area contributed by atoms with Gasteiger partial charge in [0.05, 0.1) is 13.2 Å². The molecule has 2 aromatic rings. The van der Waals surface area contributed by atoms with Crippen LogP contribution in [-0.4, -0.2) is 13.2 Å². The first kappa shape index (κ1) is 18.3. The highest BCUT2D eigenvalue weighted by atomic mass is 31.2. The molecule has 3 atom stereocenters. The molecule has 1 heterocycles. The summed E-state index contributed by atoms with van der Waals surface area (Å²) in [7, 11) is -3.59. The molecule has 0 spiro atoms. The van der Waals surface area contributed by atoms with E-state index in [4.69, 9.17) is 13.6 Å². The van der Waals surface area contributed by atoms with Crippen LogP contribution in [0.4, 0.5) is 0 Å². The summed E-state index contributed by atoms with van der Waals surface area (Å²) in [6, 6.07) is 19.8. The Morgan fingerprint density at radius 1 is 1.12 bits per heavy atom. The summed E-state index contributed by atoms with van der Waals surface area (Å²) < 4.78 is 30.0. The first-order valence-electron chi connectivity index (χ1n) is 8.57. The molecule has 0 saturated carbocycles. The number of hydrogen-bond donors (Lipinski definition) is 0. The van der Waals surface area contributed by atoms with Crippen molar-refractivity contribution in [3.05, 3.63) is 71.8 Å². The van der Waals surface area contributed by atoms with Crippen LogP contribution in [0, 0.1) is 5.41 Å². The predicted molar refractivity (Wildman–Crippen MR) is 98.4 cm³/mol. The molecule has 1 aliphatic heterocycles. The van der Waals surface area contributed by atoms with E-state index in [1.54, 1.807) is 0 Å². The van der Waals surface area contributed by atoms with Gasteiger partial charge in [-0.3, -0.25) is 13.6 Å². The zero-order chi connectivity index (χ0) is 17.9. The van der Waals surface area contributed by atoms with Crippen molar-refractivity contribution in [2.45, 2.75) is 32.8 Å². The minimum absolute atomic E-state index is 0.101. The molecule has 0 N–H and O–H groups in total. The van der Waals surface area contributed by atoms with Crippen LogP contribution in [0.1, 0.15) is 43.9 Å². The molecule has 3 rings (SSSR count). The second-order valence-corrected chi connectivity index (χ2v) is 8.83. The Hall–Kier alpha value is -1.45. The summed E-state index contributed by atoms with van der Waals surface area (Å²) in [5, 5.41) is 0. The van der Waals surface area contributed by atoms with Crippen molar-refractivity contribution in [3.8, 4) is 0 Å². The molecule has 0 unspecified atom stereocenters. The monoisotopic (exact) mass is 360 g/mol. The SMILES string of the molecule is C[C@@H](CO[P@@]1(=O)OCC(C)(C)[C@H](c2ccccc2)O1)c1ccccc1. The molecule has 134 valence electrons. The van der Waals surface area contributed by atoms with E-state index in [0.717, 1.165) is 11.1 Å². The third kappa shape index (κ3) is 4.39. The maximum Gasteiger partial charge on any atom is 0.475 e. The normalized spacial score (nSPS) is 26.9. The maximum absolute atomic E-state index is 13.0. The van der Waals surface area contributed by atoms with Crippen molar-refractivity contribution in [1.29, 1.82) is 0 Å². The average molecular weight is 360 g/mol. The van der Waals surface area contributed by atoms with E-state index in [1.807, 2.05) is 81.4 Å². The fourth-order valence-corrected chi connectivity index (χ4v) is 4.67. The van der Waals surface area contributed by atoms with Gasteiger partial charge in [-0.2, -0.15) is 0 Å². The van der Waals surface area contributed by atoms with Crippen LogP contribution in [0.5, 0.6) is 0 Å². The Balaban J connectivity index is 1.70. The van der Waals surface area contributed by atoms with Crippen molar-refractivity contribution in [2.24, 2.45) is 5.41 Å². The Bertz CT molecular complexity index is 730. The highest BCUT2D eigenvalue weighted by Gasteiger charge is 2.46. The lowest BCUT2D eigenvalue weighted by molar-refractivity contribution is -0.0567. The lowest BCUT2D eigenvalue weighted by Gasteiger charge is -2.41. The van der Waals surface area contributed by atoms with Crippen LogP contribution in [0.2, 0.25) is 0 Å². The van der Waals surface area contributed by atoms with Gasteiger partial charge in [-0.1, -0.05) is 81.4 Å². The van der Waals surface area contributed by atoms with E-state index in [1.165, 1.54) is 0 Å². The summed E-state index contributed by atoms with van der Waals surface area (Å²) in [6.07, 6.45) is -0.333. The van der Waals surface area contributed by atoms with E-state index < -0.39 is 7.82 Å². The van der Waals surface area contributed by atoms with Gasteiger partial charge < -0.3 is 0 Å². The van der Waals surface area contributed by atoms with Crippen molar-refractivity contribution in [3.63, 3.8) is 0 Å². The van der Waals surface area contributed by atoms with Crippen LogP contribution in [0.3, 0.4) is 0 Å². The van der Waals surface area contributed by atoms with Crippen LogP contribution in [0.15, 0.2) is 60.7 Å². The van der Waals surface area contributed by atoms with Gasteiger partial charge in [0.15, 0.2) is 0 Å². The molecular formula is C20H25O4P. The molecule has 5 heteroatoms. The zero-order valence-electron chi connectivity index (χ0n) is 14.9. The summed E-state index contributed by atoms with van der Waals surface area (Å²) in [4.78, 5) is 0. The quantitative estimate of drug-likeness (QED) is 0.639. The van der Waals surface area contributed by atoms with Crippen molar-refractivity contribution < 1.29 is 18.1 Å². The van der Waals surface area contributed by atoms with Crippen molar-refractivity contribution in [1.82, 2.24) is 0 Å². The van der Waals surface area contributed by atoms with Gasteiger partial charge >= 0.3 is 7.82 Å². The first-order chi connectivity index (χ1) is 11.9. The van der Waals surface area contributed by atoms with E-state index in [9.17, 15) is 4.57 Å². The van der Waals surface area contributed by atoms with E-state index in [0.29, 0.717) is 6.61 Å². The molecule has 1 aliphatic rings.